The normalized spacial score (nSPS) is 17.2. The highest BCUT2D eigenvalue weighted by molar-refractivity contribution is 5.79. The van der Waals surface area contributed by atoms with E-state index in [1.165, 1.54) is 23.0 Å². The number of para-hydroxylation sites is 1. The second-order valence-electron chi connectivity index (χ2n) is 6.45. The maximum Gasteiger partial charge on any atom is 0.261 e. The fourth-order valence-corrected chi connectivity index (χ4v) is 3.22. The van der Waals surface area contributed by atoms with E-state index in [0.717, 1.165) is 5.56 Å². The van der Waals surface area contributed by atoms with E-state index in [1.54, 1.807) is 35.2 Å². The van der Waals surface area contributed by atoms with Crippen molar-refractivity contribution in [2.24, 2.45) is 0 Å². The zero-order valence-electron chi connectivity index (χ0n) is 14.5. The van der Waals surface area contributed by atoms with E-state index in [9.17, 15) is 14.0 Å². The molecular formula is C20H18FN3O3. The van der Waals surface area contributed by atoms with Crippen LogP contribution < -0.4 is 5.56 Å². The number of morpholine rings is 1. The number of carbonyl (C=O) groups excluding carboxylic acids is 1. The first kappa shape index (κ1) is 17.4. The van der Waals surface area contributed by atoms with Gasteiger partial charge in [0.05, 0.1) is 30.4 Å². The fraction of sp³-hybridized carbons (Fsp3) is 0.250. The Labute approximate surface area is 154 Å². The van der Waals surface area contributed by atoms with Crippen molar-refractivity contribution in [1.82, 2.24) is 14.5 Å². The maximum absolute atomic E-state index is 13.1. The molecule has 3 aromatic rings. The van der Waals surface area contributed by atoms with Crippen LogP contribution in [0.25, 0.3) is 10.9 Å². The smallest absolute Gasteiger partial charge is 0.261 e. The van der Waals surface area contributed by atoms with E-state index < -0.39 is 0 Å². The number of benzene rings is 2. The van der Waals surface area contributed by atoms with Crippen LogP contribution in [0.15, 0.2) is 59.7 Å². The Morgan fingerprint density at radius 2 is 1.96 bits per heavy atom. The van der Waals surface area contributed by atoms with Crippen LogP contribution in [0, 0.1) is 5.82 Å². The molecule has 1 fully saturated rings. The number of nitrogens with zero attached hydrogens (tertiary/aromatic N) is 3. The molecule has 0 spiro atoms. The first-order valence-corrected chi connectivity index (χ1v) is 8.71. The molecule has 1 aliphatic rings. The van der Waals surface area contributed by atoms with Crippen molar-refractivity contribution in [2.45, 2.75) is 12.6 Å². The Kier molecular flexibility index (Phi) is 4.68. The van der Waals surface area contributed by atoms with Gasteiger partial charge in [0.1, 0.15) is 18.5 Å². The summed E-state index contributed by atoms with van der Waals surface area (Å²) in [7, 11) is 0. The first-order chi connectivity index (χ1) is 13.1. The quantitative estimate of drug-likeness (QED) is 0.712. The third-order valence-corrected chi connectivity index (χ3v) is 4.70. The number of amides is 1. The van der Waals surface area contributed by atoms with Crippen molar-refractivity contribution in [3.05, 3.63) is 76.6 Å². The SMILES string of the molecule is O=C(Cn1cnc2ccccc2c1=O)N1CCOC(c2ccc(F)cc2)C1. The van der Waals surface area contributed by atoms with Crippen molar-refractivity contribution in [3.63, 3.8) is 0 Å². The second-order valence-corrected chi connectivity index (χ2v) is 6.45. The van der Waals surface area contributed by atoms with Gasteiger partial charge in [-0.15, -0.1) is 0 Å². The van der Waals surface area contributed by atoms with Gasteiger partial charge in [-0.1, -0.05) is 24.3 Å². The predicted octanol–water partition coefficient (Wildman–Crippen LogP) is 2.14. The lowest BCUT2D eigenvalue weighted by Gasteiger charge is -2.33. The Bertz CT molecular complexity index is 1030. The number of fused-ring (bicyclic) bond motifs is 1. The van der Waals surface area contributed by atoms with Crippen LogP contribution in [0.5, 0.6) is 0 Å². The third kappa shape index (κ3) is 3.59. The molecule has 1 aromatic heterocycles. The Hall–Kier alpha value is -3.06. The molecule has 0 aliphatic carbocycles. The van der Waals surface area contributed by atoms with Crippen LogP contribution in [0.3, 0.4) is 0 Å². The van der Waals surface area contributed by atoms with E-state index in [0.29, 0.717) is 30.6 Å². The van der Waals surface area contributed by atoms with Gasteiger partial charge in [0.15, 0.2) is 0 Å². The standard InChI is InChI=1S/C20H18FN3O3/c21-15-7-5-14(6-8-15)18-11-23(9-10-27-18)19(25)12-24-13-22-17-4-2-1-3-16(17)20(24)26/h1-8,13,18H,9-12H2. The number of ether oxygens (including phenoxy) is 1. The number of rotatable bonds is 3. The van der Waals surface area contributed by atoms with Gasteiger partial charge in [-0.05, 0) is 29.8 Å². The second kappa shape index (κ2) is 7.28. The molecule has 0 bridgehead atoms. The summed E-state index contributed by atoms with van der Waals surface area (Å²) >= 11 is 0. The van der Waals surface area contributed by atoms with E-state index in [4.69, 9.17) is 4.74 Å². The van der Waals surface area contributed by atoms with E-state index in [1.807, 2.05) is 6.07 Å². The number of halogens is 1. The van der Waals surface area contributed by atoms with Gasteiger partial charge in [0.25, 0.3) is 5.56 Å². The largest absolute Gasteiger partial charge is 0.370 e. The van der Waals surface area contributed by atoms with Gasteiger partial charge in [-0.3, -0.25) is 14.2 Å². The number of carbonyl (C=O) groups is 1. The van der Waals surface area contributed by atoms with Crippen LogP contribution in [-0.2, 0) is 16.1 Å². The lowest BCUT2D eigenvalue weighted by atomic mass is 10.1. The molecule has 0 saturated carbocycles. The molecule has 27 heavy (non-hydrogen) atoms. The molecule has 2 aromatic carbocycles. The average molecular weight is 367 g/mol. The minimum atomic E-state index is -0.314. The van der Waals surface area contributed by atoms with Crippen molar-refractivity contribution in [3.8, 4) is 0 Å². The first-order valence-electron chi connectivity index (χ1n) is 8.71. The van der Waals surface area contributed by atoms with Gasteiger partial charge in [-0.2, -0.15) is 0 Å². The van der Waals surface area contributed by atoms with Crippen molar-refractivity contribution in [1.29, 1.82) is 0 Å². The highest BCUT2D eigenvalue weighted by Crippen LogP contribution is 2.22. The van der Waals surface area contributed by atoms with Gasteiger partial charge in [0.2, 0.25) is 5.91 Å². The third-order valence-electron chi connectivity index (χ3n) is 4.70. The van der Waals surface area contributed by atoms with Crippen molar-refractivity contribution >= 4 is 16.8 Å². The van der Waals surface area contributed by atoms with Crippen molar-refractivity contribution in [2.75, 3.05) is 19.7 Å². The van der Waals surface area contributed by atoms with E-state index in [2.05, 4.69) is 4.98 Å². The fourth-order valence-electron chi connectivity index (χ4n) is 3.22. The van der Waals surface area contributed by atoms with Gasteiger partial charge >= 0.3 is 0 Å². The summed E-state index contributed by atoms with van der Waals surface area (Å²) in [5.41, 5.74) is 1.18. The van der Waals surface area contributed by atoms with Gasteiger partial charge in [0, 0.05) is 6.54 Å². The zero-order chi connectivity index (χ0) is 18.8. The Morgan fingerprint density at radius 3 is 2.78 bits per heavy atom. The Balaban J connectivity index is 1.50. The lowest BCUT2D eigenvalue weighted by Crippen LogP contribution is -2.44. The minimum absolute atomic E-state index is 0.0766. The van der Waals surface area contributed by atoms with Crippen molar-refractivity contribution < 1.29 is 13.9 Å². The lowest BCUT2D eigenvalue weighted by molar-refractivity contribution is -0.139. The molecule has 1 amide bonds. The van der Waals surface area contributed by atoms with E-state index >= 15 is 0 Å². The van der Waals surface area contributed by atoms with Crippen LogP contribution in [-0.4, -0.2) is 40.1 Å². The topological polar surface area (TPSA) is 64.4 Å². The molecule has 1 saturated heterocycles. The zero-order valence-corrected chi connectivity index (χ0v) is 14.5. The minimum Gasteiger partial charge on any atom is -0.370 e. The molecule has 1 aliphatic heterocycles. The summed E-state index contributed by atoms with van der Waals surface area (Å²) in [6, 6.07) is 13.1. The van der Waals surface area contributed by atoms with Gasteiger partial charge in [-0.25, -0.2) is 9.37 Å². The molecule has 1 unspecified atom stereocenters. The maximum atomic E-state index is 13.1. The summed E-state index contributed by atoms with van der Waals surface area (Å²) < 4.78 is 20.2. The average Bonchev–Trinajstić information content (AvgIpc) is 2.71. The van der Waals surface area contributed by atoms with Crippen LogP contribution >= 0.6 is 0 Å². The van der Waals surface area contributed by atoms with Crippen LogP contribution in [0.4, 0.5) is 4.39 Å². The monoisotopic (exact) mass is 367 g/mol. The molecule has 2 heterocycles. The van der Waals surface area contributed by atoms with E-state index in [-0.39, 0.29) is 29.9 Å². The van der Waals surface area contributed by atoms with Crippen LogP contribution in [0.2, 0.25) is 0 Å². The molecule has 7 heteroatoms. The van der Waals surface area contributed by atoms with Crippen LogP contribution in [0.1, 0.15) is 11.7 Å². The molecule has 0 N–H and O–H groups in total. The molecule has 1 atom stereocenters. The molecule has 138 valence electrons. The number of hydrogen-bond donors (Lipinski definition) is 0. The molecular weight excluding hydrogens is 349 g/mol. The summed E-state index contributed by atoms with van der Waals surface area (Å²) in [4.78, 5) is 31.2. The highest BCUT2D eigenvalue weighted by Gasteiger charge is 2.25. The number of aromatic nitrogens is 2. The summed E-state index contributed by atoms with van der Waals surface area (Å²) in [5, 5.41) is 0.485. The highest BCUT2D eigenvalue weighted by atomic mass is 19.1. The summed E-state index contributed by atoms with van der Waals surface area (Å²) in [6.45, 7) is 1.12. The Morgan fingerprint density at radius 1 is 1.19 bits per heavy atom. The summed E-state index contributed by atoms with van der Waals surface area (Å²) in [5.74, 6) is -0.490. The molecule has 4 rings (SSSR count). The number of hydrogen-bond acceptors (Lipinski definition) is 4. The summed E-state index contributed by atoms with van der Waals surface area (Å²) in [6.07, 6.45) is 1.09. The molecule has 0 radical (unpaired) electrons. The molecule has 6 nitrogen and oxygen atoms in total. The predicted molar refractivity (Wildman–Crippen MR) is 97.7 cm³/mol. The van der Waals surface area contributed by atoms with Gasteiger partial charge < -0.3 is 9.64 Å².